The zero-order valence-electron chi connectivity index (χ0n) is 13.9. The molecule has 2 saturated heterocycles. The second-order valence-electron chi connectivity index (χ2n) is 7.03. The molecule has 2 heterocycles. The molecule has 0 radical (unpaired) electrons. The van der Waals surface area contributed by atoms with Crippen LogP contribution in [0.1, 0.15) is 71.6 Å². The van der Waals surface area contributed by atoms with E-state index in [1.54, 1.807) is 0 Å². The van der Waals surface area contributed by atoms with E-state index in [9.17, 15) is 0 Å². The summed E-state index contributed by atoms with van der Waals surface area (Å²) in [6.45, 7) is 9.95. The maximum atomic E-state index is 3.58. The summed E-state index contributed by atoms with van der Waals surface area (Å²) in [7, 11) is 0. The van der Waals surface area contributed by atoms with Crippen molar-refractivity contribution >= 4 is 0 Å². The first-order valence-corrected chi connectivity index (χ1v) is 9.31. The lowest BCUT2D eigenvalue weighted by atomic mass is 9.93. The molecule has 0 bridgehead atoms. The Balaban J connectivity index is 1.53. The Bertz CT molecular complexity index is 254. The number of likely N-dealkylation sites (tertiary alicyclic amines) is 1. The van der Waals surface area contributed by atoms with Gasteiger partial charge in [-0.2, -0.15) is 0 Å². The lowest BCUT2D eigenvalue weighted by Gasteiger charge is -2.26. The standard InChI is InChI=1S/C18H36N2/c1-3-5-6-7-8-9-10-11-12-20-15-16-13-19-14-17(16)18(20)4-2/h16-19H,3-15H2,1-2H3. The van der Waals surface area contributed by atoms with Crippen LogP contribution >= 0.6 is 0 Å². The van der Waals surface area contributed by atoms with Gasteiger partial charge in [0.25, 0.3) is 0 Å². The van der Waals surface area contributed by atoms with Crippen molar-refractivity contribution in [3.63, 3.8) is 0 Å². The van der Waals surface area contributed by atoms with E-state index in [2.05, 4.69) is 24.1 Å². The van der Waals surface area contributed by atoms with Gasteiger partial charge >= 0.3 is 0 Å². The summed E-state index contributed by atoms with van der Waals surface area (Å²) in [6, 6.07) is 0.875. The van der Waals surface area contributed by atoms with Crippen LogP contribution in [-0.4, -0.2) is 37.1 Å². The van der Waals surface area contributed by atoms with E-state index in [-0.39, 0.29) is 0 Å². The summed E-state index contributed by atoms with van der Waals surface area (Å²) in [5, 5.41) is 3.58. The number of nitrogens with one attached hydrogen (secondary N) is 1. The minimum Gasteiger partial charge on any atom is -0.316 e. The van der Waals surface area contributed by atoms with Crippen LogP contribution in [0.15, 0.2) is 0 Å². The van der Waals surface area contributed by atoms with Crippen LogP contribution in [0.25, 0.3) is 0 Å². The predicted molar refractivity (Wildman–Crippen MR) is 88.1 cm³/mol. The van der Waals surface area contributed by atoms with Crippen LogP contribution < -0.4 is 5.32 Å². The first kappa shape index (κ1) is 16.3. The van der Waals surface area contributed by atoms with Crippen molar-refractivity contribution < 1.29 is 0 Å². The average Bonchev–Trinajstić information content (AvgIpc) is 3.02. The zero-order valence-corrected chi connectivity index (χ0v) is 13.9. The first-order valence-electron chi connectivity index (χ1n) is 9.31. The minimum absolute atomic E-state index is 0.875. The van der Waals surface area contributed by atoms with Crippen LogP contribution in [0.4, 0.5) is 0 Å². The Hall–Kier alpha value is -0.0800. The topological polar surface area (TPSA) is 15.3 Å². The third-order valence-electron chi connectivity index (χ3n) is 5.54. The molecule has 0 aromatic rings. The fourth-order valence-corrected chi connectivity index (χ4v) is 4.38. The summed E-state index contributed by atoms with van der Waals surface area (Å²) in [4.78, 5) is 2.81. The molecule has 0 spiro atoms. The van der Waals surface area contributed by atoms with Gasteiger partial charge in [0.1, 0.15) is 0 Å². The Morgan fingerprint density at radius 3 is 2.30 bits per heavy atom. The largest absolute Gasteiger partial charge is 0.316 e. The lowest BCUT2D eigenvalue weighted by molar-refractivity contribution is 0.214. The molecule has 3 unspecified atom stereocenters. The van der Waals surface area contributed by atoms with Crippen molar-refractivity contribution in [1.82, 2.24) is 10.2 Å². The van der Waals surface area contributed by atoms with Crippen molar-refractivity contribution in [1.29, 1.82) is 0 Å². The number of unbranched alkanes of at least 4 members (excludes halogenated alkanes) is 7. The molecule has 2 aliphatic heterocycles. The molecular formula is C18H36N2. The van der Waals surface area contributed by atoms with Gasteiger partial charge in [-0.05, 0) is 44.3 Å². The van der Waals surface area contributed by atoms with Gasteiger partial charge in [-0.25, -0.2) is 0 Å². The van der Waals surface area contributed by atoms with Crippen molar-refractivity contribution in [3.8, 4) is 0 Å². The van der Waals surface area contributed by atoms with Gasteiger partial charge < -0.3 is 5.32 Å². The molecular weight excluding hydrogens is 244 g/mol. The third-order valence-corrected chi connectivity index (χ3v) is 5.54. The van der Waals surface area contributed by atoms with E-state index < -0.39 is 0 Å². The number of rotatable bonds is 10. The van der Waals surface area contributed by atoms with E-state index in [1.165, 1.54) is 84.0 Å². The maximum absolute atomic E-state index is 3.58. The minimum atomic E-state index is 0.875. The van der Waals surface area contributed by atoms with E-state index in [1.807, 2.05) is 0 Å². The van der Waals surface area contributed by atoms with E-state index in [0.717, 1.165) is 17.9 Å². The average molecular weight is 281 g/mol. The molecule has 2 rings (SSSR count). The van der Waals surface area contributed by atoms with Crippen LogP contribution in [0.3, 0.4) is 0 Å². The van der Waals surface area contributed by atoms with Crippen molar-refractivity contribution in [2.75, 3.05) is 26.2 Å². The first-order chi connectivity index (χ1) is 9.86. The molecule has 0 aromatic heterocycles. The molecule has 2 aliphatic rings. The molecule has 20 heavy (non-hydrogen) atoms. The Labute approximate surface area is 126 Å². The summed E-state index contributed by atoms with van der Waals surface area (Å²) in [5.41, 5.74) is 0. The molecule has 0 aliphatic carbocycles. The number of nitrogens with zero attached hydrogens (tertiary/aromatic N) is 1. The number of hydrogen-bond donors (Lipinski definition) is 1. The number of fused-ring (bicyclic) bond motifs is 1. The highest BCUT2D eigenvalue weighted by Gasteiger charge is 2.42. The predicted octanol–water partition coefficient (Wildman–Crippen LogP) is 4.06. The summed E-state index contributed by atoms with van der Waals surface area (Å²) in [5.74, 6) is 1.91. The van der Waals surface area contributed by atoms with Crippen LogP contribution in [0.2, 0.25) is 0 Å². The molecule has 0 saturated carbocycles. The highest BCUT2D eigenvalue weighted by Crippen LogP contribution is 2.34. The monoisotopic (exact) mass is 280 g/mol. The molecule has 2 fully saturated rings. The van der Waals surface area contributed by atoms with Crippen molar-refractivity contribution in [3.05, 3.63) is 0 Å². The van der Waals surface area contributed by atoms with Gasteiger partial charge in [-0.3, -0.25) is 4.90 Å². The third kappa shape index (κ3) is 4.46. The Morgan fingerprint density at radius 1 is 0.900 bits per heavy atom. The van der Waals surface area contributed by atoms with Gasteiger partial charge in [0.05, 0.1) is 0 Å². The zero-order chi connectivity index (χ0) is 14.2. The molecule has 1 N–H and O–H groups in total. The summed E-state index contributed by atoms with van der Waals surface area (Å²) >= 11 is 0. The highest BCUT2D eigenvalue weighted by molar-refractivity contribution is 4.97. The fourth-order valence-electron chi connectivity index (χ4n) is 4.38. The van der Waals surface area contributed by atoms with Gasteiger partial charge in [0, 0.05) is 12.6 Å². The van der Waals surface area contributed by atoms with E-state index in [4.69, 9.17) is 0 Å². The van der Waals surface area contributed by atoms with Crippen LogP contribution in [0, 0.1) is 11.8 Å². The molecule has 0 aromatic carbocycles. The molecule has 2 heteroatoms. The van der Waals surface area contributed by atoms with Gasteiger partial charge in [-0.1, -0.05) is 58.8 Å². The second kappa shape index (κ2) is 9.04. The van der Waals surface area contributed by atoms with Crippen molar-refractivity contribution in [2.45, 2.75) is 77.7 Å². The van der Waals surface area contributed by atoms with Crippen molar-refractivity contribution in [2.24, 2.45) is 11.8 Å². The summed E-state index contributed by atoms with van der Waals surface area (Å²) < 4.78 is 0. The summed E-state index contributed by atoms with van der Waals surface area (Å²) in [6.07, 6.45) is 12.9. The normalized spacial score (nSPS) is 30.0. The molecule has 3 atom stereocenters. The second-order valence-corrected chi connectivity index (χ2v) is 7.03. The van der Waals surface area contributed by atoms with Gasteiger partial charge in [0.15, 0.2) is 0 Å². The lowest BCUT2D eigenvalue weighted by Crippen LogP contribution is -2.35. The molecule has 0 amide bonds. The van der Waals surface area contributed by atoms with Gasteiger partial charge in [0.2, 0.25) is 0 Å². The molecule has 2 nitrogen and oxygen atoms in total. The maximum Gasteiger partial charge on any atom is 0.0137 e. The SMILES string of the molecule is CCCCCCCCCCN1CC2CNCC2C1CC. The fraction of sp³-hybridized carbons (Fsp3) is 1.00. The molecule has 118 valence electrons. The Kier molecular flexibility index (Phi) is 7.37. The quantitative estimate of drug-likeness (QED) is 0.607. The van der Waals surface area contributed by atoms with E-state index >= 15 is 0 Å². The Morgan fingerprint density at radius 2 is 1.60 bits per heavy atom. The van der Waals surface area contributed by atoms with Crippen LogP contribution in [0.5, 0.6) is 0 Å². The highest BCUT2D eigenvalue weighted by atomic mass is 15.2. The van der Waals surface area contributed by atoms with Crippen LogP contribution in [-0.2, 0) is 0 Å². The van der Waals surface area contributed by atoms with E-state index in [0.29, 0.717) is 0 Å². The number of hydrogen-bond acceptors (Lipinski definition) is 2. The van der Waals surface area contributed by atoms with Gasteiger partial charge in [-0.15, -0.1) is 0 Å². The smallest absolute Gasteiger partial charge is 0.0137 e.